The van der Waals surface area contributed by atoms with Crippen LogP contribution < -0.4 is 0 Å². The first-order valence-electron chi connectivity index (χ1n) is 6.85. The summed E-state index contributed by atoms with van der Waals surface area (Å²) in [6.45, 7) is 3.63. The van der Waals surface area contributed by atoms with Crippen molar-refractivity contribution in [3.05, 3.63) is 29.8 Å². The van der Waals surface area contributed by atoms with E-state index in [9.17, 15) is 4.79 Å². The molecule has 19 heavy (non-hydrogen) atoms. The third kappa shape index (κ3) is 3.67. The van der Waals surface area contributed by atoms with Gasteiger partial charge in [0.15, 0.2) is 0 Å². The summed E-state index contributed by atoms with van der Waals surface area (Å²) in [6.07, 6.45) is 3.00. The molecule has 1 unspecified atom stereocenters. The van der Waals surface area contributed by atoms with Crippen molar-refractivity contribution in [3.8, 4) is 0 Å². The van der Waals surface area contributed by atoms with Crippen LogP contribution in [0.3, 0.4) is 0 Å². The van der Waals surface area contributed by atoms with Crippen LogP contribution in [0.5, 0.6) is 0 Å². The van der Waals surface area contributed by atoms with E-state index in [0.717, 1.165) is 25.8 Å². The fourth-order valence-electron chi connectivity index (χ4n) is 2.31. The number of halogens is 1. The second-order valence-electron chi connectivity index (χ2n) is 4.79. The zero-order valence-electron chi connectivity index (χ0n) is 11.3. The molecule has 0 radical (unpaired) electrons. The predicted octanol–water partition coefficient (Wildman–Crippen LogP) is 3.57. The van der Waals surface area contributed by atoms with Gasteiger partial charge in [-0.3, -0.25) is 4.79 Å². The average Bonchev–Trinajstić information content (AvgIpc) is 2.86. The second kappa shape index (κ2) is 7.20. The SMILES string of the molecule is CCCCN(CCCl)C(=O)C1Cc2ccccc2S1. The minimum atomic E-state index is 0.0393. The third-order valence-electron chi connectivity index (χ3n) is 3.37. The van der Waals surface area contributed by atoms with E-state index in [2.05, 4.69) is 19.1 Å². The molecule has 0 aromatic heterocycles. The highest BCUT2D eigenvalue weighted by Gasteiger charge is 2.30. The zero-order chi connectivity index (χ0) is 13.7. The lowest BCUT2D eigenvalue weighted by Gasteiger charge is -2.24. The Hall–Kier alpha value is -0.670. The van der Waals surface area contributed by atoms with Crippen molar-refractivity contribution in [2.45, 2.75) is 36.3 Å². The van der Waals surface area contributed by atoms with E-state index < -0.39 is 0 Å². The average molecular weight is 298 g/mol. The molecule has 0 saturated carbocycles. The molecule has 4 heteroatoms. The Balaban J connectivity index is 1.99. The molecule has 0 N–H and O–H groups in total. The number of hydrogen-bond acceptors (Lipinski definition) is 2. The Morgan fingerprint density at radius 1 is 1.42 bits per heavy atom. The Kier molecular flexibility index (Phi) is 5.59. The molecule has 1 aliphatic heterocycles. The molecule has 1 heterocycles. The van der Waals surface area contributed by atoms with Crippen LogP contribution in [0.2, 0.25) is 0 Å². The Bertz CT molecular complexity index is 413. The van der Waals surface area contributed by atoms with Gasteiger partial charge in [-0.05, 0) is 24.5 Å². The predicted molar refractivity (Wildman–Crippen MR) is 82.0 cm³/mol. The molecule has 1 aromatic rings. The van der Waals surface area contributed by atoms with Gasteiger partial charge in [0.2, 0.25) is 5.91 Å². The topological polar surface area (TPSA) is 20.3 Å². The van der Waals surface area contributed by atoms with Gasteiger partial charge < -0.3 is 4.90 Å². The molecule has 1 aliphatic rings. The summed E-state index contributed by atoms with van der Waals surface area (Å²) in [6, 6.07) is 8.30. The molecule has 1 aromatic carbocycles. The van der Waals surface area contributed by atoms with Crippen LogP contribution in [-0.2, 0) is 11.2 Å². The van der Waals surface area contributed by atoms with Gasteiger partial charge in [0.1, 0.15) is 0 Å². The lowest BCUT2D eigenvalue weighted by atomic mass is 10.1. The van der Waals surface area contributed by atoms with Crippen LogP contribution in [0.25, 0.3) is 0 Å². The van der Waals surface area contributed by atoms with E-state index in [0.29, 0.717) is 12.4 Å². The lowest BCUT2D eigenvalue weighted by molar-refractivity contribution is -0.130. The molecule has 0 aliphatic carbocycles. The minimum absolute atomic E-state index is 0.0393. The standard InChI is InChI=1S/C15H20ClNOS/c1-2-3-9-17(10-8-16)15(18)14-11-12-6-4-5-7-13(12)19-14/h4-7,14H,2-3,8-11H2,1H3. The fraction of sp³-hybridized carbons (Fsp3) is 0.533. The number of carbonyl (C=O) groups is 1. The smallest absolute Gasteiger partial charge is 0.236 e. The quantitative estimate of drug-likeness (QED) is 0.748. The highest BCUT2D eigenvalue weighted by molar-refractivity contribution is 8.01. The van der Waals surface area contributed by atoms with E-state index in [1.807, 2.05) is 17.0 Å². The summed E-state index contributed by atoms with van der Waals surface area (Å²) in [5.41, 5.74) is 1.30. The van der Waals surface area contributed by atoms with Gasteiger partial charge in [0.05, 0.1) is 5.25 Å². The molecule has 0 spiro atoms. The van der Waals surface area contributed by atoms with Crippen molar-refractivity contribution in [2.24, 2.45) is 0 Å². The number of thioether (sulfide) groups is 1. The number of nitrogens with zero attached hydrogens (tertiary/aromatic N) is 1. The fourth-order valence-corrected chi connectivity index (χ4v) is 3.79. The minimum Gasteiger partial charge on any atom is -0.341 e. The van der Waals surface area contributed by atoms with Crippen LogP contribution in [0.15, 0.2) is 29.2 Å². The van der Waals surface area contributed by atoms with E-state index in [1.54, 1.807) is 11.8 Å². The highest BCUT2D eigenvalue weighted by Crippen LogP contribution is 2.37. The van der Waals surface area contributed by atoms with Crippen molar-refractivity contribution < 1.29 is 4.79 Å². The molecule has 2 rings (SSSR count). The number of hydrogen-bond donors (Lipinski definition) is 0. The summed E-state index contributed by atoms with van der Waals surface area (Å²) in [4.78, 5) is 15.7. The van der Waals surface area contributed by atoms with Crippen LogP contribution in [-0.4, -0.2) is 35.0 Å². The van der Waals surface area contributed by atoms with Crippen LogP contribution in [0, 0.1) is 0 Å². The van der Waals surface area contributed by atoms with Gasteiger partial charge in [0, 0.05) is 23.9 Å². The maximum Gasteiger partial charge on any atom is 0.236 e. The van der Waals surface area contributed by atoms with Crippen LogP contribution in [0.4, 0.5) is 0 Å². The second-order valence-corrected chi connectivity index (χ2v) is 6.41. The van der Waals surface area contributed by atoms with E-state index in [4.69, 9.17) is 11.6 Å². The van der Waals surface area contributed by atoms with Crippen molar-refractivity contribution in [1.82, 2.24) is 4.90 Å². The Labute approximate surface area is 124 Å². The first kappa shape index (κ1) is 14.7. The number of benzene rings is 1. The molecule has 1 atom stereocenters. The number of alkyl halides is 1. The first-order chi connectivity index (χ1) is 9.26. The van der Waals surface area contributed by atoms with Crippen LogP contribution in [0.1, 0.15) is 25.3 Å². The van der Waals surface area contributed by atoms with Crippen molar-refractivity contribution in [3.63, 3.8) is 0 Å². The van der Waals surface area contributed by atoms with Crippen molar-refractivity contribution >= 4 is 29.3 Å². The molecular formula is C15H20ClNOS. The van der Waals surface area contributed by atoms with Gasteiger partial charge in [-0.2, -0.15) is 0 Å². The summed E-state index contributed by atoms with van der Waals surface area (Å²) in [5.74, 6) is 0.759. The summed E-state index contributed by atoms with van der Waals surface area (Å²) < 4.78 is 0. The number of fused-ring (bicyclic) bond motifs is 1. The molecule has 0 fully saturated rings. The lowest BCUT2D eigenvalue weighted by Crippen LogP contribution is -2.39. The highest BCUT2D eigenvalue weighted by atomic mass is 35.5. The molecule has 0 bridgehead atoms. The Morgan fingerprint density at radius 3 is 2.89 bits per heavy atom. The van der Waals surface area contributed by atoms with Gasteiger partial charge in [-0.1, -0.05) is 31.5 Å². The zero-order valence-corrected chi connectivity index (χ0v) is 12.8. The largest absolute Gasteiger partial charge is 0.341 e. The van der Waals surface area contributed by atoms with Gasteiger partial charge in [-0.15, -0.1) is 23.4 Å². The molecule has 104 valence electrons. The normalized spacial score (nSPS) is 17.3. The monoisotopic (exact) mass is 297 g/mol. The molecule has 0 saturated heterocycles. The van der Waals surface area contributed by atoms with E-state index in [1.165, 1.54) is 10.5 Å². The van der Waals surface area contributed by atoms with Gasteiger partial charge in [-0.25, -0.2) is 0 Å². The third-order valence-corrected chi connectivity index (χ3v) is 4.84. The van der Waals surface area contributed by atoms with Gasteiger partial charge >= 0.3 is 0 Å². The maximum absolute atomic E-state index is 12.6. The van der Waals surface area contributed by atoms with E-state index >= 15 is 0 Å². The number of rotatable bonds is 6. The van der Waals surface area contributed by atoms with Crippen molar-refractivity contribution in [1.29, 1.82) is 0 Å². The molecule has 2 nitrogen and oxygen atoms in total. The summed E-state index contributed by atoms with van der Waals surface area (Å²) in [7, 11) is 0. The Morgan fingerprint density at radius 2 is 2.21 bits per heavy atom. The maximum atomic E-state index is 12.6. The van der Waals surface area contributed by atoms with Crippen molar-refractivity contribution in [2.75, 3.05) is 19.0 Å². The summed E-state index contributed by atoms with van der Waals surface area (Å²) >= 11 is 7.51. The summed E-state index contributed by atoms with van der Waals surface area (Å²) in [5, 5.41) is 0.0393. The molecule has 1 amide bonds. The van der Waals surface area contributed by atoms with E-state index in [-0.39, 0.29) is 11.2 Å². The number of amides is 1. The number of unbranched alkanes of at least 4 members (excludes halogenated alkanes) is 1. The van der Waals surface area contributed by atoms with Crippen LogP contribution >= 0.6 is 23.4 Å². The molecular weight excluding hydrogens is 278 g/mol. The van der Waals surface area contributed by atoms with Gasteiger partial charge in [0.25, 0.3) is 0 Å². The number of carbonyl (C=O) groups excluding carboxylic acids is 1. The first-order valence-corrected chi connectivity index (χ1v) is 8.27.